The van der Waals surface area contributed by atoms with Gasteiger partial charge in [0.2, 0.25) is 0 Å². The van der Waals surface area contributed by atoms with Crippen molar-refractivity contribution in [2.45, 2.75) is 173 Å². The predicted molar refractivity (Wildman–Crippen MR) is 203 cm³/mol. The zero-order valence-electron chi connectivity index (χ0n) is 34.9. The summed E-state index contributed by atoms with van der Waals surface area (Å²) in [4.78, 5) is 5.01. The fourth-order valence-corrected chi connectivity index (χ4v) is 9.83. The molecule has 1 N–H and O–H groups in total. The Hall–Kier alpha value is -0.360. The van der Waals surface area contributed by atoms with E-state index in [0.717, 1.165) is 58.3 Å². The van der Waals surface area contributed by atoms with Crippen molar-refractivity contribution in [3.63, 3.8) is 0 Å². The molecule has 9 nitrogen and oxygen atoms in total. The van der Waals surface area contributed by atoms with Crippen LogP contribution in [0, 0.1) is 17.8 Å². The molecule has 4 rings (SSSR count). The normalized spacial score (nSPS) is 34.4. The Bertz CT molecular complexity index is 1060. The van der Waals surface area contributed by atoms with Crippen molar-refractivity contribution in [1.82, 2.24) is 15.1 Å². The molecule has 294 valence electrons. The van der Waals surface area contributed by atoms with Gasteiger partial charge >= 0.3 is 0 Å². The van der Waals surface area contributed by atoms with Gasteiger partial charge in [0.15, 0.2) is 0 Å². The van der Waals surface area contributed by atoms with Crippen molar-refractivity contribution in [3.05, 3.63) is 0 Å². The summed E-state index contributed by atoms with van der Waals surface area (Å²) >= 11 is 0. The molecule has 6 atom stereocenters. The summed E-state index contributed by atoms with van der Waals surface area (Å²) < 4.78 is 38.0. The third kappa shape index (κ3) is 10.4. The van der Waals surface area contributed by atoms with Crippen molar-refractivity contribution in [3.8, 4) is 0 Å². The molecule has 0 aromatic rings. The summed E-state index contributed by atoms with van der Waals surface area (Å²) in [5.74, 6) is 1.50. The molecule has 0 amide bonds. The number of nitrogens with one attached hydrogen (secondary N) is 1. The highest BCUT2D eigenvalue weighted by Crippen LogP contribution is 2.45. The second-order valence-electron chi connectivity index (χ2n) is 19.8. The predicted octanol–water partition coefficient (Wildman–Crippen LogP) is 6.56. The number of hydrogen-bond acceptors (Lipinski definition) is 9. The van der Waals surface area contributed by atoms with E-state index >= 15 is 0 Å². The second kappa shape index (κ2) is 16.6. The molecule has 50 heavy (non-hydrogen) atoms. The summed E-state index contributed by atoms with van der Waals surface area (Å²) in [5, 5.41) is 3.76. The zero-order valence-corrected chi connectivity index (χ0v) is 34.9. The first kappa shape index (κ1) is 42.4. The largest absolute Gasteiger partial charge is 0.379 e. The van der Waals surface area contributed by atoms with Crippen LogP contribution in [-0.4, -0.2) is 135 Å². The molecule has 4 aliphatic rings. The van der Waals surface area contributed by atoms with Crippen LogP contribution < -0.4 is 5.32 Å². The molecule has 3 aliphatic heterocycles. The standard InChI is InChI=1S/C41H79N3O6/c1-36(2)24-30(39(7,8)42-36)27-45-19-22-50-35-23-33(48-20-17-46-28-31-25-37(3,4)43(13)40(31,9)10)15-16-34(35)49-21-18-47-29-32-26-38(5,6)44(14)41(32,11)12/h30-35,42H,15-29H2,1-14H3. The van der Waals surface area contributed by atoms with Crippen molar-refractivity contribution < 1.29 is 28.4 Å². The summed E-state index contributed by atoms with van der Waals surface area (Å²) in [6.45, 7) is 33.7. The van der Waals surface area contributed by atoms with Gasteiger partial charge in [-0.25, -0.2) is 0 Å². The number of ether oxygens (including phenoxy) is 6. The van der Waals surface area contributed by atoms with E-state index < -0.39 is 0 Å². The molecular formula is C41H79N3O6. The first-order chi connectivity index (χ1) is 23.1. The molecule has 1 saturated carbocycles. The molecule has 0 radical (unpaired) electrons. The number of nitrogens with zero attached hydrogens (tertiary/aromatic N) is 2. The minimum atomic E-state index is -0.0259. The van der Waals surface area contributed by atoms with Gasteiger partial charge in [0.25, 0.3) is 0 Å². The van der Waals surface area contributed by atoms with E-state index in [9.17, 15) is 0 Å². The molecule has 0 aromatic heterocycles. The van der Waals surface area contributed by atoms with Crippen LogP contribution in [0.1, 0.15) is 122 Å². The summed E-state index contributed by atoms with van der Waals surface area (Å²) in [6, 6.07) is 0. The van der Waals surface area contributed by atoms with Crippen LogP contribution in [0.2, 0.25) is 0 Å². The van der Waals surface area contributed by atoms with E-state index in [2.05, 4.69) is 112 Å². The third-order valence-corrected chi connectivity index (χ3v) is 13.8. The lowest BCUT2D eigenvalue weighted by Gasteiger charge is -2.38. The molecular weight excluding hydrogens is 630 g/mol. The summed E-state index contributed by atoms with van der Waals surface area (Å²) in [5.41, 5.74) is 0.855. The van der Waals surface area contributed by atoms with E-state index in [1.165, 1.54) is 0 Å². The van der Waals surface area contributed by atoms with Gasteiger partial charge in [-0.3, -0.25) is 9.80 Å². The van der Waals surface area contributed by atoms with Gasteiger partial charge in [-0.2, -0.15) is 0 Å². The first-order valence-corrected chi connectivity index (χ1v) is 19.9. The van der Waals surface area contributed by atoms with Crippen LogP contribution in [0.4, 0.5) is 0 Å². The van der Waals surface area contributed by atoms with E-state index in [-0.39, 0.29) is 51.5 Å². The number of likely N-dealkylation sites (tertiary alicyclic amines) is 2. The Labute approximate surface area is 307 Å². The quantitative estimate of drug-likeness (QED) is 0.159. The van der Waals surface area contributed by atoms with E-state index in [4.69, 9.17) is 28.4 Å². The van der Waals surface area contributed by atoms with Gasteiger partial charge in [0, 0.05) is 57.4 Å². The third-order valence-electron chi connectivity index (χ3n) is 13.8. The van der Waals surface area contributed by atoms with E-state index in [1.807, 2.05) is 0 Å². The Morgan fingerprint density at radius 3 is 1.38 bits per heavy atom. The molecule has 3 saturated heterocycles. The molecule has 9 heteroatoms. The maximum atomic E-state index is 6.50. The van der Waals surface area contributed by atoms with Gasteiger partial charge < -0.3 is 33.7 Å². The van der Waals surface area contributed by atoms with E-state index in [0.29, 0.717) is 57.4 Å². The van der Waals surface area contributed by atoms with Crippen LogP contribution in [0.3, 0.4) is 0 Å². The summed E-state index contributed by atoms with van der Waals surface area (Å²) in [6.07, 6.45) is 6.27. The second-order valence-corrected chi connectivity index (χ2v) is 19.8. The Morgan fingerprint density at radius 2 is 0.960 bits per heavy atom. The highest BCUT2D eigenvalue weighted by Gasteiger charge is 2.50. The van der Waals surface area contributed by atoms with Crippen molar-refractivity contribution >= 4 is 0 Å². The van der Waals surface area contributed by atoms with Crippen LogP contribution in [-0.2, 0) is 28.4 Å². The summed E-state index contributed by atoms with van der Waals surface area (Å²) in [7, 11) is 4.48. The maximum absolute atomic E-state index is 6.50. The lowest BCUT2D eigenvalue weighted by atomic mass is 9.88. The van der Waals surface area contributed by atoms with Crippen LogP contribution >= 0.6 is 0 Å². The molecule has 1 aliphatic carbocycles. The topological polar surface area (TPSA) is 73.9 Å². The van der Waals surface area contributed by atoms with E-state index in [1.54, 1.807) is 0 Å². The molecule has 4 fully saturated rings. The fourth-order valence-electron chi connectivity index (χ4n) is 9.83. The average Bonchev–Trinajstić information content (AvgIpc) is 3.40. The highest BCUT2D eigenvalue weighted by molar-refractivity contribution is 5.05. The van der Waals surface area contributed by atoms with Crippen LogP contribution in [0.25, 0.3) is 0 Å². The van der Waals surface area contributed by atoms with Crippen molar-refractivity contribution in [2.24, 2.45) is 17.8 Å². The minimum Gasteiger partial charge on any atom is -0.379 e. The van der Waals surface area contributed by atoms with Crippen LogP contribution in [0.5, 0.6) is 0 Å². The maximum Gasteiger partial charge on any atom is 0.0862 e. The lowest BCUT2D eigenvalue weighted by molar-refractivity contribution is -0.140. The first-order valence-electron chi connectivity index (χ1n) is 19.9. The average molecular weight is 710 g/mol. The number of rotatable bonds is 18. The SMILES string of the molecule is CN1C(C)(C)CC(COCCOC2CCC(OCCOCC3CC(C)(C)N(C)C3(C)C)C(OCCOCC3CC(C)(C)NC3(C)C)C2)C1(C)C. The Morgan fingerprint density at radius 1 is 0.520 bits per heavy atom. The minimum absolute atomic E-state index is 0.0259. The smallest absolute Gasteiger partial charge is 0.0862 e. The molecule has 3 heterocycles. The Balaban J connectivity index is 1.20. The highest BCUT2D eigenvalue weighted by atomic mass is 16.6. The van der Waals surface area contributed by atoms with Crippen LogP contribution in [0.15, 0.2) is 0 Å². The molecule has 0 bridgehead atoms. The van der Waals surface area contributed by atoms with Gasteiger partial charge in [-0.05, 0) is 129 Å². The van der Waals surface area contributed by atoms with Gasteiger partial charge in [-0.15, -0.1) is 0 Å². The van der Waals surface area contributed by atoms with Gasteiger partial charge in [0.1, 0.15) is 0 Å². The monoisotopic (exact) mass is 710 g/mol. The number of hydrogen-bond donors (Lipinski definition) is 1. The molecule has 0 spiro atoms. The van der Waals surface area contributed by atoms with Crippen molar-refractivity contribution in [1.29, 1.82) is 0 Å². The Kier molecular flexibility index (Phi) is 14.0. The zero-order chi connectivity index (χ0) is 37.2. The molecule has 0 aromatic carbocycles. The lowest BCUT2D eigenvalue weighted by Crippen LogP contribution is -2.47. The molecule has 6 unspecified atom stereocenters. The van der Waals surface area contributed by atoms with Gasteiger partial charge in [-0.1, -0.05) is 0 Å². The van der Waals surface area contributed by atoms with Gasteiger partial charge in [0.05, 0.1) is 77.8 Å². The van der Waals surface area contributed by atoms with Crippen molar-refractivity contribution in [2.75, 3.05) is 73.6 Å². The fraction of sp³-hybridized carbons (Fsp3) is 1.00.